The number of pyridine rings is 1. The number of halogens is 1. The monoisotopic (exact) mass is 518 g/mol. The zero-order valence-electron chi connectivity index (χ0n) is 22.2. The van der Waals surface area contributed by atoms with E-state index in [2.05, 4.69) is 26.1 Å². The molecule has 1 fully saturated rings. The maximum atomic E-state index is 14.4. The van der Waals surface area contributed by atoms with Gasteiger partial charge >= 0.3 is 0 Å². The lowest BCUT2D eigenvalue weighted by Crippen LogP contribution is -2.28. The van der Waals surface area contributed by atoms with Gasteiger partial charge in [-0.05, 0) is 69.7 Å². The van der Waals surface area contributed by atoms with E-state index in [9.17, 15) is 9.50 Å². The summed E-state index contributed by atoms with van der Waals surface area (Å²) in [5.74, 6) is -0.0481. The zero-order chi connectivity index (χ0) is 26.8. The van der Waals surface area contributed by atoms with Crippen molar-refractivity contribution in [2.24, 2.45) is 13.0 Å². The minimum Gasteiger partial charge on any atom is -0.384 e. The first-order valence-corrected chi connectivity index (χ1v) is 12.9. The third-order valence-corrected chi connectivity index (χ3v) is 7.61. The number of ether oxygens (including phenoxy) is 1. The Morgan fingerprint density at radius 3 is 2.58 bits per heavy atom. The van der Waals surface area contributed by atoms with Crippen molar-refractivity contribution in [3.05, 3.63) is 58.8 Å². The van der Waals surface area contributed by atoms with E-state index in [1.165, 1.54) is 6.07 Å². The highest BCUT2D eigenvalue weighted by molar-refractivity contribution is 6.04. The lowest BCUT2D eigenvalue weighted by molar-refractivity contribution is 0.0547. The van der Waals surface area contributed by atoms with Crippen LogP contribution in [0.5, 0.6) is 0 Å². The first-order valence-electron chi connectivity index (χ1n) is 12.9. The second-order valence-corrected chi connectivity index (χ2v) is 10.8. The Morgan fingerprint density at radius 2 is 1.92 bits per heavy atom. The first kappa shape index (κ1) is 24.7. The molecule has 0 bridgehead atoms. The highest BCUT2D eigenvalue weighted by atomic mass is 19.1. The molecule has 1 aliphatic heterocycles. The molecule has 6 rings (SSSR count). The number of aromatic nitrogens is 6. The van der Waals surface area contributed by atoms with Crippen LogP contribution in [0.1, 0.15) is 55.2 Å². The summed E-state index contributed by atoms with van der Waals surface area (Å²) < 4.78 is 29.9. The first-order chi connectivity index (χ1) is 18.1. The molecular weight excluding hydrogens is 487 g/mol. The lowest BCUT2D eigenvalue weighted by atomic mass is 9.86. The van der Waals surface area contributed by atoms with Crippen LogP contribution in [0.4, 0.5) is 4.39 Å². The standard InChI is InChI=1S/C28H31FN6O3/c1-15-12-18(6-7-20(15)29)24(17-8-10-37-11-9-17)35-21-13-19(23-16(2)31-33-34(23)5)14-30-22(21)26-25(35)27(32-38-26)28(3,4)36/h6-7,12-14,17,24,36H,8-11H2,1-5H3. The van der Waals surface area contributed by atoms with E-state index in [-0.39, 0.29) is 17.8 Å². The predicted molar refractivity (Wildman–Crippen MR) is 140 cm³/mol. The Morgan fingerprint density at radius 1 is 1.16 bits per heavy atom. The minimum absolute atomic E-state index is 0.193. The Hall–Kier alpha value is -3.63. The van der Waals surface area contributed by atoms with Gasteiger partial charge in [-0.1, -0.05) is 22.5 Å². The van der Waals surface area contributed by atoms with E-state index in [1.807, 2.05) is 26.1 Å². The summed E-state index contributed by atoms with van der Waals surface area (Å²) in [5.41, 5.74) is 5.94. The number of benzene rings is 1. The van der Waals surface area contributed by atoms with Crippen LogP contribution in [0, 0.1) is 25.6 Å². The molecular formula is C28H31FN6O3. The van der Waals surface area contributed by atoms with Gasteiger partial charge in [0.15, 0.2) is 0 Å². The fourth-order valence-electron chi connectivity index (χ4n) is 5.79. The molecule has 1 N–H and O–H groups in total. The predicted octanol–water partition coefficient (Wildman–Crippen LogP) is 4.97. The van der Waals surface area contributed by atoms with Gasteiger partial charge in [0.2, 0.25) is 5.58 Å². The van der Waals surface area contributed by atoms with Gasteiger partial charge in [-0.2, -0.15) is 0 Å². The van der Waals surface area contributed by atoms with Crippen molar-refractivity contribution in [3.8, 4) is 11.3 Å². The summed E-state index contributed by atoms with van der Waals surface area (Å²) in [5, 5.41) is 23.8. The maximum absolute atomic E-state index is 14.4. The molecule has 0 saturated carbocycles. The number of hydrogen-bond donors (Lipinski definition) is 1. The highest BCUT2D eigenvalue weighted by Gasteiger charge is 2.36. The molecule has 0 amide bonds. The maximum Gasteiger partial charge on any atom is 0.211 e. The van der Waals surface area contributed by atoms with E-state index in [1.54, 1.807) is 31.6 Å². The summed E-state index contributed by atoms with van der Waals surface area (Å²) in [7, 11) is 1.85. The van der Waals surface area contributed by atoms with Crippen LogP contribution < -0.4 is 0 Å². The van der Waals surface area contributed by atoms with Gasteiger partial charge in [-0.15, -0.1) is 5.10 Å². The molecule has 0 aliphatic carbocycles. The molecule has 1 unspecified atom stereocenters. The quantitative estimate of drug-likeness (QED) is 0.350. The van der Waals surface area contributed by atoms with Gasteiger partial charge in [-0.3, -0.25) is 0 Å². The Balaban J connectivity index is 1.71. The van der Waals surface area contributed by atoms with Crippen molar-refractivity contribution in [1.29, 1.82) is 0 Å². The number of aryl methyl sites for hydroxylation is 3. The molecule has 1 aromatic carbocycles. The Bertz CT molecular complexity index is 1640. The molecule has 198 valence electrons. The summed E-state index contributed by atoms with van der Waals surface area (Å²) in [4.78, 5) is 4.83. The van der Waals surface area contributed by atoms with E-state index in [4.69, 9.17) is 14.2 Å². The molecule has 5 heterocycles. The normalized spacial score (nSPS) is 16.1. The average molecular weight is 519 g/mol. The SMILES string of the molecule is Cc1cc(C(C2CCOCC2)n2c3cc(-c4c(C)nnn4C)cnc3c3onc(C(C)(C)O)c32)ccc1F. The molecule has 9 nitrogen and oxygen atoms in total. The third-order valence-electron chi connectivity index (χ3n) is 7.61. The Kier molecular flexibility index (Phi) is 5.84. The van der Waals surface area contributed by atoms with Gasteiger partial charge in [0.1, 0.15) is 28.1 Å². The molecule has 4 aromatic heterocycles. The summed E-state index contributed by atoms with van der Waals surface area (Å²) in [6, 6.07) is 7.17. The largest absolute Gasteiger partial charge is 0.384 e. The summed E-state index contributed by atoms with van der Waals surface area (Å²) >= 11 is 0. The van der Waals surface area contributed by atoms with Crippen LogP contribution in [0.2, 0.25) is 0 Å². The molecule has 38 heavy (non-hydrogen) atoms. The summed E-state index contributed by atoms with van der Waals surface area (Å²) in [6.45, 7) is 8.38. The molecule has 1 saturated heterocycles. The van der Waals surface area contributed by atoms with Crippen molar-refractivity contribution in [2.45, 2.75) is 52.2 Å². The van der Waals surface area contributed by atoms with Crippen molar-refractivity contribution in [2.75, 3.05) is 13.2 Å². The van der Waals surface area contributed by atoms with E-state index < -0.39 is 5.60 Å². The molecule has 0 spiro atoms. The minimum atomic E-state index is -1.26. The van der Waals surface area contributed by atoms with Gasteiger partial charge < -0.3 is 18.9 Å². The Labute approximate surface area is 219 Å². The molecule has 5 aromatic rings. The van der Waals surface area contributed by atoms with Crippen LogP contribution in [0.25, 0.3) is 33.4 Å². The fraction of sp³-hybridized carbons (Fsp3) is 0.429. The molecule has 1 aliphatic rings. The highest BCUT2D eigenvalue weighted by Crippen LogP contribution is 2.44. The van der Waals surface area contributed by atoms with Crippen LogP contribution in [-0.4, -0.2) is 48.0 Å². The number of aliphatic hydroxyl groups is 1. The lowest BCUT2D eigenvalue weighted by Gasteiger charge is -2.33. The van der Waals surface area contributed by atoms with Crippen molar-refractivity contribution in [3.63, 3.8) is 0 Å². The molecule has 10 heteroatoms. The second kappa shape index (κ2) is 8.99. The number of fused-ring (bicyclic) bond motifs is 3. The van der Waals surface area contributed by atoms with Gasteiger partial charge in [0.05, 0.1) is 22.9 Å². The van der Waals surface area contributed by atoms with Crippen LogP contribution in [-0.2, 0) is 17.4 Å². The second-order valence-electron chi connectivity index (χ2n) is 10.8. The van der Waals surface area contributed by atoms with Crippen molar-refractivity contribution >= 4 is 22.1 Å². The third kappa shape index (κ3) is 3.90. The fourth-order valence-corrected chi connectivity index (χ4v) is 5.79. The molecule has 1 atom stereocenters. The van der Waals surface area contributed by atoms with Crippen LogP contribution >= 0.6 is 0 Å². The smallest absolute Gasteiger partial charge is 0.211 e. The van der Waals surface area contributed by atoms with Crippen LogP contribution in [0.15, 0.2) is 35.0 Å². The van der Waals surface area contributed by atoms with Crippen LogP contribution in [0.3, 0.4) is 0 Å². The average Bonchev–Trinajstić information content (AvgIpc) is 3.55. The number of rotatable bonds is 5. The summed E-state index contributed by atoms with van der Waals surface area (Å²) in [6.07, 6.45) is 3.46. The van der Waals surface area contributed by atoms with Crippen molar-refractivity contribution in [1.82, 2.24) is 29.7 Å². The number of nitrogens with zero attached hydrogens (tertiary/aromatic N) is 6. The molecule has 0 radical (unpaired) electrons. The van der Waals surface area contributed by atoms with Gasteiger partial charge in [0, 0.05) is 32.0 Å². The topological polar surface area (TPSA) is 104 Å². The zero-order valence-corrected chi connectivity index (χ0v) is 22.2. The number of hydrogen-bond acceptors (Lipinski definition) is 7. The van der Waals surface area contributed by atoms with Gasteiger partial charge in [0.25, 0.3) is 0 Å². The van der Waals surface area contributed by atoms with Crippen molar-refractivity contribution < 1.29 is 18.8 Å². The van der Waals surface area contributed by atoms with Gasteiger partial charge in [-0.25, -0.2) is 14.1 Å². The van der Waals surface area contributed by atoms with E-state index >= 15 is 0 Å². The van der Waals surface area contributed by atoms with E-state index in [0.717, 1.165) is 40.9 Å². The van der Waals surface area contributed by atoms with E-state index in [0.29, 0.717) is 41.1 Å².